The zero-order valence-electron chi connectivity index (χ0n) is 17.0. The predicted molar refractivity (Wildman–Crippen MR) is 126 cm³/mol. The summed E-state index contributed by atoms with van der Waals surface area (Å²) < 4.78 is 1.77. The molecule has 0 bridgehead atoms. The molecular formula is C23H23N3O3S2. The van der Waals surface area contributed by atoms with E-state index in [0.29, 0.717) is 18.7 Å². The second kappa shape index (κ2) is 9.11. The molecule has 1 aromatic heterocycles. The molecule has 6 nitrogen and oxygen atoms in total. The fourth-order valence-electron chi connectivity index (χ4n) is 3.59. The number of rotatable bonds is 5. The van der Waals surface area contributed by atoms with Gasteiger partial charge in [0.2, 0.25) is 5.88 Å². The maximum atomic E-state index is 12.9. The SMILES string of the molecule is CCCCn1c(O)c(C2=Nc3ccccc3SC(c3ccc(O)cc3)C2)c(=O)[nH]c1=S. The molecule has 0 radical (unpaired) electrons. The van der Waals surface area contributed by atoms with Crippen molar-refractivity contribution in [3.8, 4) is 11.6 Å². The van der Waals surface area contributed by atoms with Crippen LogP contribution >= 0.6 is 24.0 Å². The third kappa shape index (κ3) is 4.45. The van der Waals surface area contributed by atoms with Gasteiger partial charge in [-0.15, -0.1) is 11.8 Å². The van der Waals surface area contributed by atoms with Crippen LogP contribution in [0.3, 0.4) is 0 Å². The van der Waals surface area contributed by atoms with E-state index >= 15 is 0 Å². The van der Waals surface area contributed by atoms with E-state index in [9.17, 15) is 15.0 Å². The Morgan fingerprint density at radius 1 is 1.19 bits per heavy atom. The predicted octanol–water partition coefficient (Wildman–Crippen LogP) is 5.48. The molecule has 3 N–H and O–H groups in total. The van der Waals surface area contributed by atoms with Gasteiger partial charge >= 0.3 is 0 Å². The van der Waals surface area contributed by atoms with Gasteiger partial charge in [0.25, 0.3) is 5.56 Å². The van der Waals surface area contributed by atoms with Gasteiger partial charge in [0.05, 0.1) is 11.4 Å². The van der Waals surface area contributed by atoms with Gasteiger partial charge in [-0.1, -0.05) is 37.6 Å². The standard InChI is InChI=1S/C23H23N3O3S2/c1-2-3-12-26-22(29)20(21(28)25-23(26)30)17-13-19(14-8-10-15(27)11-9-14)31-18-7-5-4-6-16(18)24-17/h4-11,19,27,29H,2-3,12-13H2,1H3,(H,25,28,30). The van der Waals surface area contributed by atoms with E-state index < -0.39 is 5.56 Å². The number of phenolic OH excluding ortho intramolecular Hbond substituents is 1. The lowest BCUT2D eigenvalue weighted by atomic mass is 10.0. The van der Waals surface area contributed by atoms with Crippen molar-refractivity contribution >= 4 is 35.4 Å². The summed E-state index contributed by atoms with van der Waals surface area (Å²) in [5.74, 6) is 0.0542. The number of nitrogens with one attached hydrogen (secondary N) is 1. The zero-order chi connectivity index (χ0) is 22.0. The zero-order valence-corrected chi connectivity index (χ0v) is 18.7. The molecule has 1 atom stereocenters. The van der Waals surface area contributed by atoms with E-state index in [1.807, 2.05) is 36.4 Å². The minimum atomic E-state index is -0.442. The first kappa shape index (κ1) is 21.4. The molecule has 160 valence electrons. The number of benzene rings is 2. The van der Waals surface area contributed by atoms with Crippen molar-refractivity contribution in [2.24, 2.45) is 4.99 Å². The van der Waals surface area contributed by atoms with Crippen molar-refractivity contribution in [1.29, 1.82) is 0 Å². The number of phenols is 1. The average Bonchev–Trinajstić information content (AvgIpc) is 2.93. The first-order valence-electron chi connectivity index (χ1n) is 10.2. The molecular weight excluding hydrogens is 430 g/mol. The maximum Gasteiger partial charge on any atom is 0.264 e. The minimum absolute atomic E-state index is 0.0472. The highest BCUT2D eigenvalue weighted by atomic mass is 32.2. The number of aliphatic imine (C=N–C) groups is 1. The minimum Gasteiger partial charge on any atom is -0.508 e. The van der Waals surface area contributed by atoms with Crippen LogP contribution in [0.15, 0.2) is 63.2 Å². The van der Waals surface area contributed by atoms with Gasteiger partial charge in [-0.3, -0.25) is 19.3 Å². The molecule has 2 heterocycles. The number of aromatic nitrogens is 2. The van der Waals surface area contributed by atoms with Crippen LogP contribution in [-0.2, 0) is 6.54 Å². The molecule has 1 aliphatic rings. The van der Waals surface area contributed by atoms with Crippen LogP contribution in [-0.4, -0.2) is 25.5 Å². The largest absolute Gasteiger partial charge is 0.508 e. The van der Waals surface area contributed by atoms with Crippen LogP contribution in [0, 0.1) is 4.77 Å². The van der Waals surface area contributed by atoms with Crippen LogP contribution in [0.4, 0.5) is 5.69 Å². The third-order valence-corrected chi connectivity index (χ3v) is 6.87. The maximum absolute atomic E-state index is 12.9. The number of H-pyrrole nitrogens is 1. The molecule has 0 aliphatic carbocycles. The summed E-state index contributed by atoms with van der Waals surface area (Å²) in [7, 11) is 0. The lowest BCUT2D eigenvalue weighted by Crippen LogP contribution is -2.24. The molecule has 31 heavy (non-hydrogen) atoms. The summed E-state index contributed by atoms with van der Waals surface area (Å²) >= 11 is 6.93. The summed E-state index contributed by atoms with van der Waals surface area (Å²) in [5.41, 5.74) is 1.98. The Kier molecular flexibility index (Phi) is 6.29. The summed E-state index contributed by atoms with van der Waals surface area (Å²) in [6, 6.07) is 14.8. The molecule has 1 unspecified atom stereocenters. The number of fused-ring (bicyclic) bond motifs is 1. The van der Waals surface area contributed by atoms with Crippen molar-refractivity contribution in [2.45, 2.75) is 42.9 Å². The van der Waals surface area contributed by atoms with Gasteiger partial charge in [0.15, 0.2) is 4.77 Å². The average molecular weight is 454 g/mol. The Morgan fingerprint density at radius 2 is 1.94 bits per heavy atom. The number of thioether (sulfide) groups is 1. The summed E-state index contributed by atoms with van der Waals surface area (Å²) in [4.78, 5) is 21.4. The Balaban J connectivity index is 1.87. The number of aromatic hydroxyl groups is 2. The van der Waals surface area contributed by atoms with Gasteiger partial charge in [-0.25, -0.2) is 0 Å². The monoisotopic (exact) mass is 453 g/mol. The molecule has 0 amide bonds. The molecule has 3 aromatic rings. The molecule has 8 heteroatoms. The van der Waals surface area contributed by atoms with Gasteiger partial charge in [0.1, 0.15) is 11.3 Å². The quantitative estimate of drug-likeness (QED) is 0.445. The van der Waals surface area contributed by atoms with Gasteiger partial charge in [-0.05, 0) is 48.5 Å². The van der Waals surface area contributed by atoms with E-state index in [1.165, 1.54) is 0 Å². The Labute approximate surface area is 189 Å². The van der Waals surface area contributed by atoms with Crippen LogP contribution in [0.1, 0.15) is 42.6 Å². The molecule has 4 rings (SSSR count). The number of hydrogen-bond acceptors (Lipinski definition) is 6. The van der Waals surface area contributed by atoms with Crippen molar-refractivity contribution in [2.75, 3.05) is 0 Å². The Hall–Kier alpha value is -2.84. The number of nitrogens with zero attached hydrogens (tertiary/aromatic N) is 2. The molecule has 1 aliphatic heterocycles. The van der Waals surface area contributed by atoms with Gasteiger partial charge in [0, 0.05) is 23.1 Å². The number of aromatic amines is 1. The van der Waals surface area contributed by atoms with Crippen LogP contribution in [0.5, 0.6) is 11.6 Å². The first-order valence-corrected chi connectivity index (χ1v) is 11.5. The highest BCUT2D eigenvalue weighted by molar-refractivity contribution is 7.99. The summed E-state index contributed by atoms with van der Waals surface area (Å²) in [5, 5.41) is 20.6. The highest BCUT2D eigenvalue weighted by Crippen LogP contribution is 2.45. The first-order chi connectivity index (χ1) is 15.0. The Bertz CT molecular complexity index is 1250. The van der Waals surface area contributed by atoms with Crippen molar-refractivity contribution in [3.05, 3.63) is 74.8 Å². The van der Waals surface area contributed by atoms with Crippen molar-refractivity contribution < 1.29 is 10.2 Å². The van der Waals surface area contributed by atoms with Crippen LogP contribution < -0.4 is 5.56 Å². The fraction of sp³-hybridized carbons (Fsp3) is 0.261. The van der Waals surface area contributed by atoms with Crippen LogP contribution in [0.25, 0.3) is 0 Å². The summed E-state index contributed by atoms with van der Waals surface area (Å²) in [6.07, 6.45) is 2.20. The van der Waals surface area contributed by atoms with Crippen molar-refractivity contribution in [1.82, 2.24) is 9.55 Å². The molecule has 0 fully saturated rings. The van der Waals surface area contributed by atoms with E-state index in [-0.39, 0.29) is 27.2 Å². The van der Waals surface area contributed by atoms with E-state index in [1.54, 1.807) is 28.5 Å². The van der Waals surface area contributed by atoms with E-state index in [0.717, 1.165) is 29.0 Å². The van der Waals surface area contributed by atoms with Crippen molar-refractivity contribution in [3.63, 3.8) is 0 Å². The second-order valence-corrected chi connectivity index (χ2v) is 9.02. The fourth-order valence-corrected chi connectivity index (χ4v) is 5.09. The van der Waals surface area contributed by atoms with Gasteiger partial charge < -0.3 is 10.2 Å². The number of hydrogen-bond donors (Lipinski definition) is 3. The lowest BCUT2D eigenvalue weighted by molar-refractivity contribution is 0.398. The van der Waals surface area contributed by atoms with Crippen LogP contribution in [0.2, 0.25) is 0 Å². The van der Waals surface area contributed by atoms with E-state index in [2.05, 4.69) is 11.9 Å². The highest BCUT2D eigenvalue weighted by Gasteiger charge is 2.26. The molecule has 0 spiro atoms. The lowest BCUT2D eigenvalue weighted by Gasteiger charge is -2.17. The third-order valence-electron chi connectivity index (χ3n) is 5.23. The molecule has 0 saturated heterocycles. The van der Waals surface area contributed by atoms with Gasteiger partial charge in [-0.2, -0.15) is 0 Å². The smallest absolute Gasteiger partial charge is 0.264 e. The normalized spacial score (nSPS) is 15.8. The Morgan fingerprint density at radius 3 is 2.68 bits per heavy atom. The number of para-hydroxylation sites is 1. The second-order valence-electron chi connectivity index (χ2n) is 7.39. The summed E-state index contributed by atoms with van der Waals surface area (Å²) in [6.45, 7) is 2.57. The topological polar surface area (TPSA) is 90.6 Å². The molecule has 2 aromatic carbocycles. The van der Waals surface area contributed by atoms with E-state index in [4.69, 9.17) is 17.2 Å². The number of unbranched alkanes of at least 4 members (excludes halogenated alkanes) is 1. The molecule has 0 saturated carbocycles.